The van der Waals surface area contributed by atoms with Crippen LogP contribution in [-0.2, 0) is 19.6 Å². The maximum atomic E-state index is 5.86. The average molecular weight is 475 g/mol. The van der Waals surface area contributed by atoms with E-state index in [2.05, 4.69) is 43.3 Å². The fraction of sp³-hybridized carbons (Fsp3) is 0.379. The zero-order valence-corrected chi connectivity index (χ0v) is 19.9. The molecule has 0 aliphatic carbocycles. The predicted octanol–water partition coefficient (Wildman–Crippen LogP) is 4.37. The molecule has 0 N–H and O–H groups in total. The summed E-state index contributed by atoms with van der Waals surface area (Å²) < 4.78 is 33.3. The molecule has 182 valence electrons. The Balaban J connectivity index is 1.26. The van der Waals surface area contributed by atoms with Gasteiger partial charge in [0.2, 0.25) is 0 Å². The van der Waals surface area contributed by atoms with Crippen LogP contribution in [0.15, 0.2) is 72.8 Å². The first-order valence-electron chi connectivity index (χ1n) is 12.2. The molecule has 0 saturated carbocycles. The molecule has 0 unspecified atom stereocenters. The number of rotatable bonds is 12. The van der Waals surface area contributed by atoms with Crippen molar-refractivity contribution in [3.63, 3.8) is 0 Å². The second-order valence-corrected chi connectivity index (χ2v) is 9.50. The van der Waals surface area contributed by atoms with Crippen LogP contribution in [0.1, 0.15) is 23.6 Å². The molecule has 3 saturated heterocycles. The molecule has 0 spiro atoms. The summed E-state index contributed by atoms with van der Waals surface area (Å²) in [6.45, 7) is 6.40. The van der Waals surface area contributed by atoms with Crippen LogP contribution in [0.25, 0.3) is 0 Å². The zero-order chi connectivity index (χ0) is 23.7. The molecule has 0 amide bonds. The van der Waals surface area contributed by atoms with E-state index in [4.69, 9.17) is 28.4 Å². The van der Waals surface area contributed by atoms with Crippen LogP contribution >= 0.6 is 0 Å². The minimum Gasteiger partial charge on any atom is -0.491 e. The van der Waals surface area contributed by atoms with Crippen LogP contribution in [0.5, 0.6) is 17.2 Å². The molecule has 3 aliphatic rings. The van der Waals surface area contributed by atoms with Gasteiger partial charge in [-0.3, -0.25) is 0 Å². The molecule has 3 atom stereocenters. The average Bonchev–Trinajstić information content (AvgIpc) is 3.76. The van der Waals surface area contributed by atoms with Gasteiger partial charge in [-0.25, -0.2) is 0 Å². The summed E-state index contributed by atoms with van der Waals surface area (Å²) in [7, 11) is 0. The van der Waals surface area contributed by atoms with Crippen molar-refractivity contribution in [2.24, 2.45) is 0 Å². The fourth-order valence-corrected chi connectivity index (χ4v) is 4.21. The molecular formula is C29H30O6. The highest BCUT2D eigenvalue weighted by Crippen LogP contribution is 2.40. The highest BCUT2D eigenvalue weighted by molar-refractivity contribution is 5.52. The molecule has 3 aromatic rings. The largest absolute Gasteiger partial charge is 0.491 e. The Morgan fingerprint density at radius 3 is 1.03 bits per heavy atom. The molecular weight excluding hydrogens is 444 g/mol. The van der Waals surface area contributed by atoms with E-state index in [1.807, 2.05) is 36.4 Å². The molecule has 3 aromatic carbocycles. The molecule has 3 aliphatic heterocycles. The Kier molecular flexibility index (Phi) is 6.10. The molecule has 6 heteroatoms. The molecule has 6 rings (SSSR count). The van der Waals surface area contributed by atoms with Crippen LogP contribution in [0, 0.1) is 0 Å². The van der Waals surface area contributed by atoms with Crippen LogP contribution in [0.2, 0.25) is 0 Å². The Hall–Kier alpha value is -3.06. The normalized spacial score (nSPS) is 22.4. The lowest BCUT2D eigenvalue weighted by Crippen LogP contribution is -2.25. The third kappa shape index (κ3) is 5.45. The number of hydrogen-bond donors (Lipinski definition) is 0. The van der Waals surface area contributed by atoms with Crippen molar-refractivity contribution >= 4 is 0 Å². The lowest BCUT2D eigenvalue weighted by atomic mass is 9.71. The zero-order valence-electron chi connectivity index (χ0n) is 19.9. The molecule has 0 aromatic heterocycles. The summed E-state index contributed by atoms with van der Waals surface area (Å²) in [5, 5.41) is 0. The second-order valence-electron chi connectivity index (χ2n) is 9.50. The lowest BCUT2D eigenvalue weighted by molar-refractivity contribution is 0.262. The molecule has 6 nitrogen and oxygen atoms in total. The van der Waals surface area contributed by atoms with E-state index >= 15 is 0 Å². The predicted molar refractivity (Wildman–Crippen MR) is 131 cm³/mol. The van der Waals surface area contributed by atoms with Gasteiger partial charge < -0.3 is 28.4 Å². The molecule has 35 heavy (non-hydrogen) atoms. The van der Waals surface area contributed by atoms with Crippen molar-refractivity contribution in [3.05, 3.63) is 89.5 Å². The van der Waals surface area contributed by atoms with Crippen LogP contribution < -0.4 is 14.2 Å². The van der Waals surface area contributed by atoms with Crippen molar-refractivity contribution in [2.75, 3.05) is 39.6 Å². The van der Waals surface area contributed by atoms with Gasteiger partial charge in [0.25, 0.3) is 0 Å². The SMILES string of the molecule is CC(c1ccc(OC[C@@H]2CO2)cc1)(c1ccc(OC[C@H]2CO2)cc1)c1ccc(OC[C@H]2CO2)cc1. The highest BCUT2D eigenvalue weighted by Gasteiger charge is 2.32. The van der Waals surface area contributed by atoms with Gasteiger partial charge in [0, 0.05) is 5.41 Å². The van der Waals surface area contributed by atoms with Crippen LogP contribution in [0.3, 0.4) is 0 Å². The molecule has 3 heterocycles. The van der Waals surface area contributed by atoms with E-state index in [9.17, 15) is 0 Å². The standard InChI is InChI=1S/C29H30O6/c1-29(20-2-8-23(9-3-20)30-14-26-17-33-26,21-4-10-24(11-5-21)31-15-27-18-34-27)22-6-12-25(13-7-22)32-16-28-19-35-28/h2-13,26-28H,14-19H2,1H3/t26-,27-,28+/m0/s1. The number of benzene rings is 3. The Morgan fingerprint density at radius 2 is 0.800 bits per heavy atom. The minimum absolute atomic E-state index is 0.236. The van der Waals surface area contributed by atoms with Crippen LogP contribution in [-0.4, -0.2) is 58.0 Å². The molecule has 0 radical (unpaired) electrons. The van der Waals surface area contributed by atoms with Crippen molar-refractivity contribution in [2.45, 2.75) is 30.7 Å². The van der Waals surface area contributed by atoms with Gasteiger partial charge in [-0.2, -0.15) is 0 Å². The summed E-state index contributed by atoms with van der Waals surface area (Å²) in [5.41, 5.74) is 3.14. The van der Waals surface area contributed by atoms with Crippen molar-refractivity contribution in [3.8, 4) is 17.2 Å². The summed E-state index contributed by atoms with van der Waals surface area (Å²) in [4.78, 5) is 0. The van der Waals surface area contributed by atoms with Gasteiger partial charge in [-0.15, -0.1) is 0 Å². The summed E-state index contributed by atoms with van der Waals surface area (Å²) in [6.07, 6.45) is 0.707. The maximum Gasteiger partial charge on any atom is 0.119 e. The first kappa shape index (κ1) is 22.4. The maximum absolute atomic E-state index is 5.86. The quantitative estimate of drug-likeness (QED) is 0.287. The third-order valence-electron chi connectivity index (χ3n) is 6.81. The number of ether oxygens (including phenoxy) is 6. The van der Waals surface area contributed by atoms with Crippen molar-refractivity contribution < 1.29 is 28.4 Å². The highest BCUT2D eigenvalue weighted by atomic mass is 16.6. The molecule has 3 fully saturated rings. The summed E-state index contributed by atoms with van der Waals surface area (Å²) in [6, 6.07) is 25.1. The van der Waals surface area contributed by atoms with E-state index in [-0.39, 0.29) is 23.7 Å². The lowest BCUT2D eigenvalue weighted by Gasteiger charge is -2.32. The van der Waals surface area contributed by atoms with Gasteiger partial charge in [0.1, 0.15) is 55.4 Å². The number of epoxide rings is 3. The Morgan fingerprint density at radius 1 is 0.543 bits per heavy atom. The van der Waals surface area contributed by atoms with Crippen molar-refractivity contribution in [1.29, 1.82) is 0 Å². The first-order valence-corrected chi connectivity index (χ1v) is 12.2. The third-order valence-corrected chi connectivity index (χ3v) is 6.81. The summed E-state index contributed by atoms with van der Waals surface area (Å²) in [5.74, 6) is 2.55. The van der Waals surface area contributed by atoms with Crippen LogP contribution in [0.4, 0.5) is 0 Å². The van der Waals surface area contributed by atoms with Gasteiger partial charge in [0.05, 0.1) is 19.8 Å². The van der Waals surface area contributed by atoms with E-state index in [1.54, 1.807) is 0 Å². The fourth-order valence-electron chi connectivity index (χ4n) is 4.21. The number of hydrogen-bond acceptors (Lipinski definition) is 6. The Labute approximate surface area is 205 Å². The van der Waals surface area contributed by atoms with Gasteiger partial charge in [-0.05, 0) is 60.0 Å². The van der Waals surface area contributed by atoms with Gasteiger partial charge in [0.15, 0.2) is 0 Å². The van der Waals surface area contributed by atoms with Crippen molar-refractivity contribution in [1.82, 2.24) is 0 Å². The van der Waals surface area contributed by atoms with E-state index in [0.29, 0.717) is 19.8 Å². The smallest absolute Gasteiger partial charge is 0.119 e. The van der Waals surface area contributed by atoms with E-state index in [1.165, 1.54) is 16.7 Å². The Bertz CT molecular complexity index is 969. The minimum atomic E-state index is -0.381. The first-order chi connectivity index (χ1) is 17.2. The summed E-state index contributed by atoms with van der Waals surface area (Å²) >= 11 is 0. The monoisotopic (exact) mass is 474 g/mol. The van der Waals surface area contributed by atoms with E-state index in [0.717, 1.165) is 37.1 Å². The second kappa shape index (κ2) is 9.53. The van der Waals surface area contributed by atoms with E-state index < -0.39 is 0 Å². The topological polar surface area (TPSA) is 65.3 Å². The van der Waals surface area contributed by atoms with Gasteiger partial charge >= 0.3 is 0 Å². The molecule has 0 bridgehead atoms. The van der Waals surface area contributed by atoms with Gasteiger partial charge in [-0.1, -0.05) is 36.4 Å².